The van der Waals surface area contributed by atoms with Crippen LogP contribution in [0.5, 0.6) is 0 Å². The number of nitrogens with one attached hydrogen (secondary N) is 1. The number of allylic oxidation sites excluding steroid dienone is 4. The molecule has 1 amide bonds. The highest BCUT2D eigenvalue weighted by Crippen LogP contribution is 2.21. The molecule has 1 rings (SSSR count). The van der Waals surface area contributed by atoms with Crippen molar-refractivity contribution in [3.8, 4) is 0 Å². The van der Waals surface area contributed by atoms with Gasteiger partial charge in [-0.3, -0.25) is 14.4 Å². The largest absolute Gasteiger partial charge is 0.465 e. The molecule has 1 saturated heterocycles. The van der Waals surface area contributed by atoms with Gasteiger partial charge in [-0.05, 0) is 122 Å². The highest BCUT2D eigenvalue weighted by Gasteiger charge is 2.20. The molecular weight excluding hydrogens is 961 g/mol. The molecule has 450 valence electrons. The lowest BCUT2D eigenvalue weighted by Gasteiger charge is -2.20. The van der Waals surface area contributed by atoms with Crippen LogP contribution in [0.3, 0.4) is 0 Å². The molecule has 10 heteroatoms. The number of ether oxygens (including phenoxy) is 4. The van der Waals surface area contributed by atoms with Gasteiger partial charge in [-0.1, -0.05) is 219 Å². The average Bonchev–Trinajstić information content (AvgIpc) is 3.95. The Hall–Kier alpha value is -2.88. The van der Waals surface area contributed by atoms with Gasteiger partial charge in [-0.15, -0.1) is 0 Å². The van der Waals surface area contributed by atoms with Gasteiger partial charge in [0.25, 0.3) is 0 Å². The molecule has 1 aliphatic heterocycles. The van der Waals surface area contributed by atoms with Gasteiger partial charge in [0.15, 0.2) is 0 Å². The molecule has 0 spiro atoms. The van der Waals surface area contributed by atoms with E-state index in [-0.39, 0.29) is 55.7 Å². The number of rotatable bonds is 57. The molecule has 1 fully saturated rings. The first-order valence-corrected chi connectivity index (χ1v) is 33.3. The van der Waals surface area contributed by atoms with Crippen molar-refractivity contribution >= 4 is 24.0 Å². The summed E-state index contributed by atoms with van der Waals surface area (Å²) in [5.74, 6) is -0.585. The van der Waals surface area contributed by atoms with E-state index in [2.05, 4.69) is 62.2 Å². The number of hydrogen-bond donors (Lipinski definition) is 1. The molecule has 10 nitrogen and oxygen atoms in total. The van der Waals surface area contributed by atoms with E-state index in [1.165, 1.54) is 148 Å². The monoisotopic (exact) mass is 1080 g/mol. The maximum Gasteiger partial charge on any atom is 0.407 e. The summed E-state index contributed by atoms with van der Waals surface area (Å²) in [6.45, 7) is 13.0. The van der Waals surface area contributed by atoms with E-state index in [9.17, 15) is 19.2 Å². The Kier molecular flexibility index (Phi) is 52.8. The molecule has 1 aliphatic rings. The smallest absolute Gasteiger partial charge is 0.407 e. The van der Waals surface area contributed by atoms with Crippen molar-refractivity contribution in [2.75, 3.05) is 39.4 Å². The topological polar surface area (TPSA) is 120 Å². The molecule has 1 heterocycles. The summed E-state index contributed by atoms with van der Waals surface area (Å²) in [4.78, 5) is 54.4. The van der Waals surface area contributed by atoms with Gasteiger partial charge in [-0.25, -0.2) is 4.79 Å². The number of hydrogen-bond acceptors (Lipinski definition) is 9. The lowest BCUT2D eigenvalue weighted by Crippen LogP contribution is -2.35. The van der Waals surface area contributed by atoms with Gasteiger partial charge in [0, 0.05) is 38.3 Å². The molecule has 0 saturated carbocycles. The third kappa shape index (κ3) is 49.9. The fourth-order valence-corrected chi connectivity index (χ4v) is 10.5. The van der Waals surface area contributed by atoms with Crippen LogP contribution in [-0.2, 0) is 33.3 Å². The van der Waals surface area contributed by atoms with Gasteiger partial charge in [-0.2, -0.15) is 0 Å². The quantitative estimate of drug-likeness (QED) is 0.0275. The maximum absolute atomic E-state index is 13.3. The number of unbranched alkanes of at least 4 members (excludes halogenated alkanes) is 29. The standard InChI is InChI=1S/C67H124N2O8/c1-5-9-13-17-21-22-23-24-25-26-27-28-30-37-43-51-64(70)74-59-61(60-75-65(71)54-53-63(50-42-35-20-16-12-8-4)77-67(73)68-55-58-69-56-45-46-57-69)47-39-33-31-32-38-44-52-66(72)76-62(48-40-34-19-15-11-7-3)49-41-36-29-18-14-10-6-2/h21-22,24-25,61-63H,5-20,23,26-60H2,1-4H3,(H,68,73)/b22-21-,25-24-. The zero-order valence-electron chi connectivity index (χ0n) is 51.0. The molecule has 3 atom stereocenters. The van der Waals surface area contributed by atoms with E-state index in [1.807, 2.05) is 0 Å². The van der Waals surface area contributed by atoms with Gasteiger partial charge in [0.1, 0.15) is 12.2 Å². The summed E-state index contributed by atoms with van der Waals surface area (Å²) < 4.78 is 23.7. The summed E-state index contributed by atoms with van der Waals surface area (Å²) in [7, 11) is 0. The summed E-state index contributed by atoms with van der Waals surface area (Å²) >= 11 is 0. The molecule has 0 radical (unpaired) electrons. The van der Waals surface area contributed by atoms with E-state index in [1.54, 1.807) is 0 Å². The normalized spacial score (nSPS) is 14.1. The first-order valence-electron chi connectivity index (χ1n) is 33.3. The van der Waals surface area contributed by atoms with Crippen molar-refractivity contribution in [2.45, 2.75) is 335 Å². The molecule has 0 aliphatic carbocycles. The number of alkyl carbamates (subject to hydrolysis) is 1. The minimum atomic E-state index is -0.408. The summed E-state index contributed by atoms with van der Waals surface area (Å²) in [6, 6.07) is 0. The average molecular weight is 1090 g/mol. The van der Waals surface area contributed by atoms with Gasteiger partial charge >= 0.3 is 24.0 Å². The molecule has 0 aromatic carbocycles. The van der Waals surface area contributed by atoms with Crippen LogP contribution in [0.25, 0.3) is 0 Å². The Labute approximate surface area is 475 Å². The second-order valence-electron chi connectivity index (χ2n) is 23.0. The van der Waals surface area contributed by atoms with Crippen LogP contribution >= 0.6 is 0 Å². The van der Waals surface area contributed by atoms with Crippen LogP contribution in [0, 0.1) is 5.92 Å². The predicted octanol–water partition coefficient (Wildman–Crippen LogP) is 19.1. The van der Waals surface area contributed by atoms with Crippen molar-refractivity contribution < 1.29 is 38.1 Å². The van der Waals surface area contributed by atoms with Crippen LogP contribution in [0.2, 0.25) is 0 Å². The van der Waals surface area contributed by atoms with Gasteiger partial charge in [0.05, 0.1) is 13.2 Å². The van der Waals surface area contributed by atoms with E-state index >= 15 is 0 Å². The van der Waals surface area contributed by atoms with Crippen molar-refractivity contribution in [1.82, 2.24) is 10.2 Å². The first-order chi connectivity index (χ1) is 37.8. The highest BCUT2D eigenvalue weighted by atomic mass is 16.6. The summed E-state index contributed by atoms with van der Waals surface area (Å²) in [5, 5.41) is 2.94. The molecule has 0 bridgehead atoms. The number of likely N-dealkylation sites (tertiary alicyclic amines) is 1. The van der Waals surface area contributed by atoms with Crippen molar-refractivity contribution in [3.63, 3.8) is 0 Å². The lowest BCUT2D eigenvalue weighted by molar-refractivity contribution is -0.151. The third-order valence-electron chi connectivity index (χ3n) is 15.6. The zero-order chi connectivity index (χ0) is 55.8. The van der Waals surface area contributed by atoms with Crippen LogP contribution < -0.4 is 5.32 Å². The van der Waals surface area contributed by atoms with Crippen LogP contribution in [0.4, 0.5) is 4.79 Å². The van der Waals surface area contributed by atoms with Crippen LogP contribution in [-0.4, -0.2) is 80.5 Å². The van der Waals surface area contributed by atoms with Gasteiger partial charge in [0.2, 0.25) is 0 Å². The fraction of sp³-hybridized carbons (Fsp3) is 0.881. The van der Waals surface area contributed by atoms with E-state index in [4.69, 9.17) is 18.9 Å². The summed E-state index contributed by atoms with van der Waals surface area (Å²) in [5.41, 5.74) is 0. The zero-order valence-corrected chi connectivity index (χ0v) is 51.0. The molecule has 1 N–H and O–H groups in total. The Morgan fingerprint density at radius 2 is 0.805 bits per heavy atom. The van der Waals surface area contributed by atoms with Crippen LogP contribution in [0.1, 0.15) is 323 Å². The van der Waals surface area contributed by atoms with E-state index in [0.29, 0.717) is 25.8 Å². The molecule has 0 aromatic heterocycles. The Morgan fingerprint density at radius 1 is 0.416 bits per heavy atom. The van der Waals surface area contributed by atoms with Gasteiger partial charge < -0.3 is 29.2 Å². The van der Waals surface area contributed by atoms with Crippen molar-refractivity contribution in [1.29, 1.82) is 0 Å². The number of carbonyl (C=O) groups excluding carboxylic acids is 4. The van der Waals surface area contributed by atoms with Crippen LogP contribution in [0.15, 0.2) is 24.3 Å². The fourth-order valence-electron chi connectivity index (χ4n) is 10.5. The lowest BCUT2D eigenvalue weighted by atomic mass is 10.0. The Balaban J connectivity index is 2.63. The molecule has 77 heavy (non-hydrogen) atoms. The SMILES string of the molecule is CCCCC/C=C\C/C=C\CCCCCCCC(=O)OCC(CCCCCCCCC(=O)OC(CCCCCCCC)CCCCCCCCC)COC(=O)CCC(CCCCCCCC)OC(=O)NCCN1CCCC1. The number of esters is 3. The molecule has 3 unspecified atom stereocenters. The number of nitrogens with zero attached hydrogens (tertiary/aromatic N) is 1. The number of carbonyl (C=O) groups is 4. The minimum Gasteiger partial charge on any atom is -0.465 e. The Morgan fingerprint density at radius 3 is 1.31 bits per heavy atom. The second-order valence-corrected chi connectivity index (χ2v) is 23.0. The minimum absolute atomic E-state index is 0.0269. The third-order valence-corrected chi connectivity index (χ3v) is 15.6. The first kappa shape index (κ1) is 72.1. The molecular formula is C67H124N2O8. The van der Waals surface area contributed by atoms with E-state index in [0.717, 1.165) is 142 Å². The van der Waals surface area contributed by atoms with Crippen molar-refractivity contribution in [2.24, 2.45) is 5.92 Å². The summed E-state index contributed by atoms with van der Waals surface area (Å²) in [6.07, 6.45) is 57.7. The second kappa shape index (κ2) is 56.4. The maximum atomic E-state index is 13.3. The molecule has 0 aromatic rings. The van der Waals surface area contributed by atoms with E-state index < -0.39 is 6.09 Å². The predicted molar refractivity (Wildman–Crippen MR) is 323 cm³/mol. The number of amides is 1. The van der Waals surface area contributed by atoms with Crippen molar-refractivity contribution in [3.05, 3.63) is 24.3 Å². The highest BCUT2D eigenvalue weighted by molar-refractivity contribution is 5.70. The Bertz CT molecular complexity index is 1400.